The fraction of sp³-hybridized carbons (Fsp3) is 0.500. The molecule has 1 fully saturated rings. The van der Waals surface area contributed by atoms with Crippen molar-refractivity contribution in [3.63, 3.8) is 0 Å². The summed E-state index contributed by atoms with van der Waals surface area (Å²) in [6.45, 7) is 1.71. The molecule has 1 aromatic carbocycles. The smallest absolute Gasteiger partial charge is 0.257 e. The number of hydrogen-bond acceptors (Lipinski definition) is 3. The molecule has 1 heterocycles. The lowest BCUT2D eigenvalue weighted by atomic mass is 10.0. The second-order valence-electron chi connectivity index (χ2n) is 4.99. The Morgan fingerprint density at radius 1 is 1.53 bits per heavy atom. The van der Waals surface area contributed by atoms with E-state index >= 15 is 0 Å². The molecule has 1 aromatic rings. The third-order valence-corrected chi connectivity index (χ3v) is 4.11. The van der Waals surface area contributed by atoms with Gasteiger partial charge in [0.1, 0.15) is 5.75 Å². The number of phenols is 1. The Hall–Kier alpha value is -0.820. The monoisotopic (exact) mass is 374 g/mol. The Morgan fingerprint density at radius 2 is 2.32 bits per heavy atom. The number of hydrogen-bond donors (Lipinski definition) is 2. The lowest BCUT2D eigenvalue weighted by Crippen LogP contribution is -2.44. The SMILES string of the molecule is CN(CC1CCCCN1)C(=O)c1cc(I)ccc1O. The van der Waals surface area contributed by atoms with Gasteiger partial charge in [0.2, 0.25) is 0 Å². The van der Waals surface area contributed by atoms with Gasteiger partial charge in [0, 0.05) is 23.2 Å². The van der Waals surface area contributed by atoms with Gasteiger partial charge in [-0.2, -0.15) is 0 Å². The molecule has 0 saturated carbocycles. The third-order valence-electron chi connectivity index (χ3n) is 3.44. The Morgan fingerprint density at radius 3 is 3.00 bits per heavy atom. The van der Waals surface area contributed by atoms with Crippen LogP contribution in [-0.2, 0) is 0 Å². The maximum absolute atomic E-state index is 12.3. The molecule has 2 rings (SSSR count). The maximum Gasteiger partial charge on any atom is 0.257 e. The number of piperidine rings is 1. The number of amides is 1. The molecule has 0 bridgehead atoms. The molecule has 19 heavy (non-hydrogen) atoms. The molecule has 1 aliphatic heterocycles. The van der Waals surface area contributed by atoms with Gasteiger partial charge in [0.25, 0.3) is 5.91 Å². The molecule has 104 valence electrons. The van der Waals surface area contributed by atoms with Crippen LogP contribution in [0.4, 0.5) is 0 Å². The average Bonchev–Trinajstić information content (AvgIpc) is 2.42. The number of carbonyl (C=O) groups is 1. The van der Waals surface area contributed by atoms with Crippen LogP contribution in [0.3, 0.4) is 0 Å². The molecule has 5 heteroatoms. The van der Waals surface area contributed by atoms with Crippen LogP contribution in [0.5, 0.6) is 5.75 Å². The van der Waals surface area contributed by atoms with Crippen molar-refractivity contribution in [1.29, 1.82) is 0 Å². The minimum Gasteiger partial charge on any atom is -0.507 e. The third kappa shape index (κ3) is 3.82. The number of likely N-dealkylation sites (N-methyl/N-ethyl adjacent to an activating group) is 1. The lowest BCUT2D eigenvalue weighted by Gasteiger charge is -2.28. The molecular weight excluding hydrogens is 355 g/mol. The van der Waals surface area contributed by atoms with Gasteiger partial charge in [-0.1, -0.05) is 6.42 Å². The average molecular weight is 374 g/mol. The Labute approximate surface area is 127 Å². The molecule has 0 aromatic heterocycles. The van der Waals surface area contributed by atoms with E-state index in [1.165, 1.54) is 12.8 Å². The van der Waals surface area contributed by atoms with Crippen LogP contribution in [0, 0.1) is 3.57 Å². The highest BCUT2D eigenvalue weighted by atomic mass is 127. The van der Waals surface area contributed by atoms with E-state index in [1.807, 2.05) is 0 Å². The number of carbonyl (C=O) groups excluding carboxylic acids is 1. The second kappa shape index (κ2) is 6.56. The van der Waals surface area contributed by atoms with Gasteiger partial charge in [0.05, 0.1) is 5.56 Å². The van der Waals surface area contributed by atoms with Crippen molar-refractivity contribution in [3.8, 4) is 5.75 Å². The number of nitrogens with one attached hydrogen (secondary N) is 1. The van der Waals surface area contributed by atoms with E-state index in [-0.39, 0.29) is 11.7 Å². The summed E-state index contributed by atoms with van der Waals surface area (Å²) in [5.74, 6) is -0.0720. The molecule has 1 amide bonds. The van der Waals surface area contributed by atoms with Crippen molar-refractivity contribution in [2.75, 3.05) is 20.1 Å². The highest BCUT2D eigenvalue weighted by molar-refractivity contribution is 14.1. The topological polar surface area (TPSA) is 52.6 Å². The van der Waals surface area contributed by atoms with E-state index in [2.05, 4.69) is 27.9 Å². The summed E-state index contributed by atoms with van der Waals surface area (Å²) in [5.41, 5.74) is 0.380. The molecule has 0 spiro atoms. The van der Waals surface area contributed by atoms with E-state index < -0.39 is 0 Å². The normalized spacial score (nSPS) is 19.2. The van der Waals surface area contributed by atoms with E-state index in [9.17, 15) is 9.90 Å². The zero-order valence-corrected chi connectivity index (χ0v) is 13.2. The Balaban J connectivity index is 2.03. The quantitative estimate of drug-likeness (QED) is 0.798. The number of halogens is 1. The molecule has 0 radical (unpaired) electrons. The van der Waals surface area contributed by atoms with Gasteiger partial charge >= 0.3 is 0 Å². The summed E-state index contributed by atoms with van der Waals surface area (Å²) < 4.78 is 0.947. The van der Waals surface area contributed by atoms with Crippen molar-refractivity contribution in [2.45, 2.75) is 25.3 Å². The molecule has 2 N–H and O–H groups in total. The van der Waals surface area contributed by atoms with E-state index in [1.54, 1.807) is 30.1 Å². The van der Waals surface area contributed by atoms with Gasteiger partial charge in [-0.25, -0.2) is 0 Å². The van der Waals surface area contributed by atoms with Gasteiger partial charge in [-0.3, -0.25) is 4.79 Å². The molecule has 1 aliphatic rings. The van der Waals surface area contributed by atoms with Gasteiger partial charge in [0.15, 0.2) is 0 Å². The van der Waals surface area contributed by atoms with Crippen molar-refractivity contribution < 1.29 is 9.90 Å². The molecule has 0 aliphatic carbocycles. The minimum atomic E-state index is -0.122. The van der Waals surface area contributed by atoms with E-state index in [0.29, 0.717) is 18.2 Å². The number of nitrogens with zero attached hydrogens (tertiary/aromatic N) is 1. The standard InChI is InChI=1S/C14H19IN2O2/c1-17(9-11-4-2-3-7-16-11)14(19)12-8-10(15)5-6-13(12)18/h5-6,8,11,16,18H,2-4,7,9H2,1H3. The fourth-order valence-electron chi connectivity index (χ4n) is 2.38. The largest absolute Gasteiger partial charge is 0.507 e. The Kier molecular flexibility index (Phi) is 5.04. The maximum atomic E-state index is 12.3. The summed E-state index contributed by atoms with van der Waals surface area (Å²) in [7, 11) is 1.79. The van der Waals surface area contributed by atoms with Crippen LogP contribution in [0.15, 0.2) is 18.2 Å². The number of benzene rings is 1. The van der Waals surface area contributed by atoms with Crippen molar-refractivity contribution in [3.05, 3.63) is 27.3 Å². The fourth-order valence-corrected chi connectivity index (χ4v) is 2.87. The minimum absolute atomic E-state index is 0.0499. The van der Waals surface area contributed by atoms with Crippen LogP contribution >= 0.6 is 22.6 Å². The number of rotatable bonds is 3. The van der Waals surface area contributed by atoms with Crippen molar-refractivity contribution in [1.82, 2.24) is 10.2 Å². The highest BCUT2D eigenvalue weighted by Crippen LogP contribution is 2.21. The lowest BCUT2D eigenvalue weighted by molar-refractivity contribution is 0.0772. The first-order chi connectivity index (χ1) is 9.08. The molecule has 1 atom stereocenters. The first-order valence-electron chi connectivity index (χ1n) is 6.55. The van der Waals surface area contributed by atoms with Crippen molar-refractivity contribution in [2.24, 2.45) is 0 Å². The summed E-state index contributed by atoms with van der Waals surface area (Å²) in [6, 6.07) is 5.45. The summed E-state index contributed by atoms with van der Waals surface area (Å²) >= 11 is 2.14. The van der Waals surface area contributed by atoms with E-state index in [4.69, 9.17) is 0 Å². The van der Waals surface area contributed by atoms with Gasteiger partial charge in [-0.15, -0.1) is 0 Å². The van der Waals surface area contributed by atoms with Gasteiger partial charge in [-0.05, 0) is 60.2 Å². The molecule has 1 unspecified atom stereocenters. The highest BCUT2D eigenvalue weighted by Gasteiger charge is 2.20. The van der Waals surface area contributed by atoms with E-state index in [0.717, 1.165) is 16.5 Å². The van der Waals surface area contributed by atoms with Crippen LogP contribution < -0.4 is 5.32 Å². The zero-order valence-electron chi connectivity index (χ0n) is 11.0. The summed E-state index contributed by atoms with van der Waals surface area (Å²) in [5, 5.41) is 13.2. The Bertz CT molecular complexity index is 459. The van der Waals surface area contributed by atoms with Crippen LogP contribution in [0.25, 0.3) is 0 Å². The van der Waals surface area contributed by atoms with Gasteiger partial charge < -0.3 is 15.3 Å². The predicted molar refractivity (Wildman–Crippen MR) is 83.4 cm³/mol. The first kappa shape index (κ1) is 14.6. The van der Waals surface area contributed by atoms with Crippen molar-refractivity contribution >= 4 is 28.5 Å². The predicted octanol–water partition coefficient (Wildman–Crippen LogP) is 2.21. The number of phenolic OH excluding ortho intramolecular Hbond substituents is 1. The zero-order chi connectivity index (χ0) is 13.8. The molecule has 4 nitrogen and oxygen atoms in total. The molecule has 1 saturated heterocycles. The van der Waals surface area contributed by atoms with Crippen LogP contribution in [0.2, 0.25) is 0 Å². The second-order valence-corrected chi connectivity index (χ2v) is 6.24. The summed E-state index contributed by atoms with van der Waals surface area (Å²) in [4.78, 5) is 14.0. The molecular formula is C14H19IN2O2. The first-order valence-corrected chi connectivity index (χ1v) is 7.63. The van der Waals surface area contributed by atoms with Crippen LogP contribution in [-0.4, -0.2) is 42.1 Å². The van der Waals surface area contributed by atoms with Crippen LogP contribution in [0.1, 0.15) is 29.6 Å². The summed E-state index contributed by atoms with van der Waals surface area (Å²) in [6.07, 6.45) is 3.54. The number of aromatic hydroxyl groups is 1.